The van der Waals surface area contributed by atoms with Gasteiger partial charge in [0.25, 0.3) is 5.91 Å². The molecule has 0 saturated heterocycles. The summed E-state index contributed by atoms with van der Waals surface area (Å²) >= 11 is 12.2. The van der Waals surface area contributed by atoms with Crippen LogP contribution in [0.5, 0.6) is 0 Å². The first-order valence-electron chi connectivity index (χ1n) is 9.10. The van der Waals surface area contributed by atoms with E-state index in [9.17, 15) is 14.7 Å². The lowest BCUT2D eigenvalue weighted by Crippen LogP contribution is -2.31. The number of rotatable bonds is 5. The predicted octanol–water partition coefficient (Wildman–Crippen LogP) is 5.53. The van der Waals surface area contributed by atoms with Crippen molar-refractivity contribution in [2.75, 3.05) is 10.2 Å². The molecule has 0 spiro atoms. The van der Waals surface area contributed by atoms with Crippen LogP contribution in [0.15, 0.2) is 90.1 Å². The standard InChI is InChI=1S/C23H16Cl2N2O3/c24-15-8-4-10-17(12-15)26-20-19(23(29)30)21(14-6-2-1-3-7-14)27(22(20)28)18-11-5-9-16(25)13-18/h1-13,21,26H,(H,29,30). The van der Waals surface area contributed by atoms with Gasteiger partial charge < -0.3 is 10.4 Å². The van der Waals surface area contributed by atoms with Crippen LogP contribution in [-0.2, 0) is 9.59 Å². The quantitative estimate of drug-likeness (QED) is 0.549. The average Bonchev–Trinajstić information content (AvgIpc) is 3.01. The van der Waals surface area contributed by atoms with E-state index in [1.54, 1.807) is 72.8 Å². The van der Waals surface area contributed by atoms with Crippen LogP contribution < -0.4 is 10.2 Å². The van der Waals surface area contributed by atoms with Crippen molar-refractivity contribution >= 4 is 46.5 Å². The number of nitrogens with one attached hydrogen (secondary N) is 1. The summed E-state index contributed by atoms with van der Waals surface area (Å²) in [6.07, 6.45) is 0. The first kappa shape index (κ1) is 20.0. The molecule has 0 aliphatic carbocycles. The summed E-state index contributed by atoms with van der Waals surface area (Å²) in [7, 11) is 0. The van der Waals surface area contributed by atoms with E-state index in [0.29, 0.717) is 27.0 Å². The molecule has 0 saturated carbocycles. The molecule has 30 heavy (non-hydrogen) atoms. The summed E-state index contributed by atoms with van der Waals surface area (Å²) < 4.78 is 0. The normalized spacial score (nSPS) is 16.1. The molecule has 1 aliphatic heterocycles. The highest BCUT2D eigenvalue weighted by molar-refractivity contribution is 6.31. The third-order valence-electron chi connectivity index (χ3n) is 4.76. The van der Waals surface area contributed by atoms with Gasteiger partial charge in [-0.1, -0.05) is 65.7 Å². The number of halogens is 2. The molecule has 1 atom stereocenters. The molecule has 5 nitrogen and oxygen atoms in total. The number of amides is 1. The number of aliphatic carboxylic acids is 1. The van der Waals surface area contributed by atoms with Crippen LogP contribution in [0, 0.1) is 0 Å². The topological polar surface area (TPSA) is 69.6 Å². The molecule has 4 rings (SSSR count). The van der Waals surface area contributed by atoms with E-state index in [-0.39, 0.29) is 11.3 Å². The summed E-state index contributed by atoms with van der Waals surface area (Å²) in [5, 5.41) is 13.9. The maximum absolute atomic E-state index is 13.5. The molecule has 7 heteroatoms. The Labute approximate surface area is 183 Å². The van der Waals surface area contributed by atoms with Gasteiger partial charge >= 0.3 is 5.97 Å². The molecule has 1 heterocycles. The minimum absolute atomic E-state index is 0.0152. The molecule has 0 fully saturated rings. The van der Waals surface area contributed by atoms with E-state index in [0.717, 1.165) is 0 Å². The lowest BCUT2D eigenvalue weighted by molar-refractivity contribution is -0.133. The largest absolute Gasteiger partial charge is 0.478 e. The lowest BCUT2D eigenvalue weighted by Gasteiger charge is -2.26. The molecule has 1 amide bonds. The number of nitrogens with zero attached hydrogens (tertiary/aromatic N) is 1. The van der Waals surface area contributed by atoms with Crippen molar-refractivity contribution in [1.82, 2.24) is 0 Å². The van der Waals surface area contributed by atoms with Gasteiger partial charge in [0.1, 0.15) is 5.70 Å². The number of benzene rings is 3. The second kappa shape index (κ2) is 8.22. The van der Waals surface area contributed by atoms with Crippen LogP contribution in [0.1, 0.15) is 11.6 Å². The fourth-order valence-electron chi connectivity index (χ4n) is 3.52. The van der Waals surface area contributed by atoms with E-state index in [1.807, 2.05) is 6.07 Å². The van der Waals surface area contributed by atoms with Gasteiger partial charge in [0.15, 0.2) is 0 Å². The van der Waals surface area contributed by atoms with Crippen molar-refractivity contribution in [2.24, 2.45) is 0 Å². The maximum Gasteiger partial charge on any atom is 0.336 e. The molecule has 0 radical (unpaired) electrons. The van der Waals surface area contributed by atoms with Crippen molar-refractivity contribution in [3.63, 3.8) is 0 Å². The summed E-state index contributed by atoms with van der Waals surface area (Å²) in [4.78, 5) is 27.2. The third-order valence-corrected chi connectivity index (χ3v) is 5.23. The lowest BCUT2D eigenvalue weighted by atomic mass is 9.98. The van der Waals surface area contributed by atoms with E-state index in [1.165, 1.54) is 4.90 Å². The van der Waals surface area contributed by atoms with E-state index in [2.05, 4.69) is 5.32 Å². The van der Waals surface area contributed by atoms with Gasteiger partial charge in [-0.2, -0.15) is 0 Å². The van der Waals surface area contributed by atoms with Gasteiger partial charge in [-0.15, -0.1) is 0 Å². The predicted molar refractivity (Wildman–Crippen MR) is 118 cm³/mol. The molecule has 0 bridgehead atoms. The van der Waals surface area contributed by atoms with E-state index in [4.69, 9.17) is 23.2 Å². The van der Waals surface area contributed by atoms with Crippen LogP contribution in [0.3, 0.4) is 0 Å². The zero-order chi connectivity index (χ0) is 21.3. The average molecular weight is 439 g/mol. The van der Waals surface area contributed by atoms with Crippen LogP contribution in [0.2, 0.25) is 10.0 Å². The smallest absolute Gasteiger partial charge is 0.336 e. The molecule has 2 N–H and O–H groups in total. The fraction of sp³-hybridized carbons (Fsp3) is 0.0435. The Morgan fingerprint density at radius 2 is 1.57 bits per heavy atom. The van der Waals surface area contributed by atoms with Crippen LogP contribution in [-0.4, -0.2) is 17.0 Å². The highest BCUT2D eigenvalue weighted by atomic mass is 35.5. The molecule has 3 aromatic carbocycles. The molecule has 150 valence electrons. The minimum Gasteiger partial charge on any atom is -0.478 e. The zero-order valence-electron chi connectivity index (χ0n) is 15.5. The van der Waals surface area contributed by atoms with Crippen molar-refractivity contribution in [2.45, 2.75) is 6.04 Å². The second-order valence-electron chi connectivity index (χ2n) is 6.70. The Kier molecular flexibility index (Phi) is 5.48. The van der Waals surface area contributed by atoms with Crippen molar-refractivity contribution in [3.05, 3.63) is 106 Å². The van der Waals surface area contributed by atoms with E-state index >= 15 is 0 Å². The number of carbonyl (C=O) groups is 2. The molecule has 3 aromatic rings. The Bertz CT molecular complexity index is 1160. The van der Waals surface area contributed by atoms with Gasteiger partial charge in [-0.25, -0.2) is 4.79 Å². The van der Waals surface area contributed by atoms with E-state index < -0.39 is 17.9 Å². The first-order valence-corrected chi connectivity index (χ1v) is 9.85. The molecular weight excluding hydrogens is 423 g/mol. The number of hydrogen-bond acceptors (Lipinski definition) is 3. The zero-order valence-corrected chi connectivity index (χ0v) is 17.1. The molecule has 0 aromatic heterocycles. The minimum atomic E-state index is -1.19. The highest BCUT2D eigenvalue weighted by Crippen LogP contribution is 2.42. The maximum atomic E-state index is 13.5. The Morgan fingerprint density at radius 1 is 0.900 bits per heavy atom. The van der Waals surface area contributed by atoms with Gasteiger partial charge in [0.2, 0.25) is 0 Å². The van der Waals surface area contributed by atoms with Crippen LogP contribution >= 0.6 is 23.2 Å². The molecular formula is C23H16Cl2N2O3. The van der Waals surface area contributed by atoms with Gasteiger partial charge in [-0.3, -0.25) is 9.69 Å². The number of carboxylic acids is 1. The first-order chi connectivity index (χ1) is 14.5. The number of carboxylic acid groups (broad SMARTS) is 1. The SMILES string of the molecule is O=C(O)C1=C(Nc2cccc(Cl)c2)C(=O)N(c2cccc(Cl)c2)C1c1ccccc1. The third kappa shape index (κ3) is 3.77. The van der Waals surface area contributed by atoms with Crippen LogP contribution in [0.4, 0.5) is 11.4 Å². The van der Waals surface area contributed by atoms with Crippen molar-refractivity contribution in [1.29, 1.82) is 0 Å². The summed E-state index contributed by atoms with van der Waals surface area (Å²) in [5.74, 6) is -1.66. The van der Waals surface area contributed by atoms with Gasteiger partial charge in [-0.05, 0) is 42.0 Å². The highest BCUT2D eigenvalue weighted by Gasteiger charge is 2.44. The Balaban J connectivity index is 1.89. The summed E-state index contributed by atoms with van der Waals surface area (Å²) in [6.45, 7) is 0. The monoisotopic (exact) mass is 438 g/mol. The van der Waals surface area contributed by atoms with Gasteiger partial charge in [0.05, 0.1) is 11.6 Å². The summed E-state index contributed by atoms with van der Waals surface area (Å²) in [6, 6.07) is 21.7. The summed E-state index contributed by atoms with van der Waals surface area (Å²) in [5.41, 5.74) is 1.63. The second-order valence-corrected chi connectivity index (χ2v) is 7.57. The Hall–Kier alpha value is -3.28. The fourth-order valence-corrected chi connectivity index (χ4v) is 3.89. The van der Waals surface area contributed by atoms with Crippen LogP contribution in [0.25, 0.3) is 0 Å². The Morgan fingerprint density at radius 3 is 2.20 bits per heavy atom. The molecule has 1 unspecified atom stereocenters. The van der Waals surface area contributed by atoms with Gasteiger partial charge in [0, 0.05) is 21.4 Å². The molecule has 1 aliphatic rings. The van der Waals surface area contributed by atoms with Crippen molar-refractivity contribution < 1.29 is 14.7 Å². The van der Waals surface area contributed by atoms with Crippen molar-refractivity contribution in [3.8, 4) is 0 Å². The number of anilines is 2. The number of hydrogen-bond donors (Lipinski definition) is 2. The number of carbonyl (C=O) groups excluding carboxylic acids is 1.